The van der Waals surface area contributed by atoms with Crippen molar-refractivity contribution in [3.05, 3.63) is 52.6 Å². The predicted octanol–water partition coefficient (Wildman–Crippen LogP) is 4.07. The summed E-state index contributed by atoms with van der Waals surface area (Å²) in [6.07, 6.45) is 3.11. The molecule has 0 saturated heterocycles. The highest BCUT2D eigenvalue weighted by molar-refractivity contribution is 5.92. The number of nitrogens with two attached hydrogens (primary N) is 1. The Hall–Kier alpha value is -2.24. The van der Waals surface area contributed by atoms with E-state index < -0.39 is 6.36 Å². The number of rotatable bonds is 2. The topological polar surface area (TPSA) is 52.3 Å². The van der Waals surface area contributed by atoms with Crippen molar-refractivity contribution in [2.24, 2.45) is 23.5 Å². The Kier molecular flexibility index (Phi) is 4.09. The fraction of sp³-hybridized carbons (Fsp3) is 0.450. The first-order valence-corrected chi connectivity index (χ1v) is 8.86. The average Bonchev–Trinajstić information content (AvgIpc) is 2.56. The van der Waals surface area contributed by atoms with E-state index in [-0.39, 0.29) is 17.6 Å². The Balaban J connectivity index is 1.61. The molecule has 2 N–H and O–H groups in total. The maximum Gasteiger partial charge on any atom is 0.573 e. The molecule has 138 valence electrons. The first-order valence-electron chi connectivity index (χ1n) is 8.86. The molecule has 0 heterocycles. The SMILES string of the molecule is NC(=O)C1=CCC2CC3Cc4c(cccc4OC(F)(F)F)CC3=CC2C1. The van der Waals surface area contributed by atoms with E-state index in [1.165, 1.54) is 11.6 Å². The van der Waals surface area contributed by atoms with Crippen molar-refractivity contribution in [2.75, 3.05) is 0 Å². The van der Waals surface area contributed by atoms with Gasteiger partial charge in [0.1, 0.15) is 5.75 Å². The van der Waals surface area contributed by atoms with Crippen molar-refractivity contribution in [2.45, 2.75) is 38.5 Å². The number of carbonyl (C=O) groups excluding carboxylic acids is 1. The molecule has 3 atom stereocenters. The maximum absolute atomic E-state index is 12.7. The standard InChI is InChI=1S/C20H20F3NO2/c21-20(22,23)26-18-3-1-2-12-7-15-9-14-8-13(19(24)25)5-4-11(14)6-16(15)10-17(12)18/h1-3,5,9,11,14,16H,4,6-8,10H2,(H2,24,25). The van der Waals surface area contributed by atoms with Crippen LogP contribution in [0.1, 0.15) is 30.4 Å². The van der Waals surface area contributed by atoms with Crippen LogP contribution in [0.3, 0.4) is 0 Å². The number of allylic oxidation sites excluding steroid dienone is 3. The first kappa shape index (κ1) is 17.2. The lowest BCUT2D eigenvalue weighted by atomic mass is 9.64. The lowest BCUT2D eigenvalue weighted by Gasteiger charge is -2.40. The molecular weight excluding hydrogens is 343 g/mol. The molecule has 0 fully saturated rings. The molecule has 3 unspecified atom stereocenters. The van der Waals surface area contributed by atoms with Crippen molar-refractivity contribution in [3.63, 3.8) is 0 Å². The minimum atomic E-state index is -4.68. The molecule has 6 heteroatoms. The Morgan fingerprint density at radius 3 is 2.77 bits per heavy atom. The van der Waals surface area contributed by atoms with Gasteiger partial charge in [-0.05, 0) is 67.1 Å². The smallest absolute Gasteiger partial charge is 0.405 e. The first-order chi connectivity index (χ1) is 12.3. The molecular formula is C20H20F3NO2. The van der Waals surface area contributed by atoms with Gasteiger partial charge >= 0.3 is 6.36 Å². The van der Waals surface area contributed by atoms with Crippen LogP contribution in [0, 0.1) is 17.8 Å². The summed E-state index contributed by atoms with van der Waals surface area (Å²) in [7, 11) is 0. The number of carbonyl (C=O) groups is 1. The Bertz CT molecular complexity index is 810. The highest BCUT2D eigenvalue weighted by Crippen LogP contribution is 2.47. The number of benzene rings is 1. The average molecular weight is 363 g/mol. The van der Waals surface area contributed by atoms with Gasteiger partial charge < -0.3 is 10.5 Å². The van der Waals surface area contributed by atoms with Gasteiger partial charge in [-0.3, -0.25) is 4.79 Å². The summed E-state index contributed by atoms with van der Waals surface area (Å²) in [5.41, 5.74) is 8.96. The fourth-order valence-corrected chi connectivity index (χ4v) is 4.68. The molecule has 0 bridgehead atoms. The molecule has 0 aromatic heterocycles. The highest BCUT2D eigenvalue weighted by atomic mass is 19.4. The van der Waals surface area contributed by atoms with Crippen molar-refractivity contribution >= 4 is 5.91 Å². The van der Waals surface area contributed by atoms with Gasteiger partial charge in [-0.15, -0.1) is 13.2 Å². The molecule has 1 amide bonds. The number of amides is 1. The molecule has 3 aliphatic carbocycles. The van der Waals surface area contributed by atoms with Crippen LogP contribution in [0.2, 0.25) is 0 Å². The van der Waals surface area contributed by atoms with E-state index in [9.17, 15) is 18.0 Å². The van der Waals surface area contributed by atoms with E-state index in [1.807, 2.05) is 12.1 Å². The fourth-order valence-electron chi connectivity index (χ4n) is 4.68. The molecule has 4 rings (SSSR count). The highest BCUT2D eigenvalue weighted by Gasteiger charge is 2.38. The summed E-state index contributed by atoms with van der Waals surface area (Å²) >= 11 is 0. The number of ether oxygens (including phenoxy) is 1. The van der Waals surface area contributed by atoms with Crippen molar-refractivity contribution in [3.8, 4) is 5.75 Å². The van der Waals surface area contributed by atoms with Crippen molar-refractivity contribution in [1.82, 2.24) is 0 Å². The normalized spacial score (nSPS) is 27.4. The summed E-state index contributed by atoms with van der Waals surface area (Å²) in [6.45, 7) is 0. The van der Waals surface area contributed by atoms with Crippen LogP contribution in [0.25, 0.3) is 0 Å². The summed E-state index contributed by atoms with van der Waals surface area (Å²) in [5, 5.41) is 0. The number of halogens is 3. The third-order valence-electron chi connectivity index (χ3n) is 5.89. The Labute approximate surface area is 149 Å². The lowest BCUT2D eigenvalue weighted by Crippen LogP contribution is -2.32. The molecule has 0 aliphatic heterocycles. The largest absolute Gasteiger partial charge is 0.573 e. The van der Waals surface area contributed by atoms with Gasteiger partial charge in [-0.2, -0.15) is 0 Å². The van der Waals surface area contributed by atoms with E-state index in [2.05, 4.69) is 10.8 Å². The van der Waals surface area contributed by atoms with Gasteiger partial charge in [0.2, 0.25) is 5.91 Å². The zero-order chi connectivity index (χ0) is 18.5. The Morgan fingerprint density at radius 1 is 1.23 bits per heavy atom. The zero-order valence-corrected chi connectivity index (χ0v) is 14.2. The summed E-state index contributed by atoms with van der Waals surface area (Å²) < 4.78 is 42.3. The molecule has 0 radical (unpaired) electrons. The minimum Gasteiger partial charge on any atom is -0.405 e. The quantitative estimate of drug-likeness (QED) is 0.806. The van der Waals surface area contributed by atoms with Crippen molar-refractivity contribution < 1.29 is 22.7 Å². The van der Waals surface area contributed by atoms with E-state index in [1.54, 1.807) is 6.07 Å². The minimum absolute atomic E-state index is 0.0734. The van der Waals surface area contributed by atoms with E-state index >= 15 is 0 Å². The monoisotopic (exact) mass is 363 g/mol. The maximum atomic E-state index is 12.7. The van der Waals surface area contributed by atoms with Crippen LogP contribution in [0.5, 0.6) is 5.75 Å². The second kappa shape index (κ2) is 6.18. The molecule has 1 aromatic rings. The van der Waals surface area contributed by atoms with E-state index in [0.29, 0.717) is 42.2 Å². The third kappa shape index (κ3) is 3.24. The molecule has 0 saturated carbocycles. The molecule has 3 nitrogen and oxygen atoms in total. The number of primary amides is 1. The summed E-state index contributed by atoms with van der Waals surface area (Å²) in [5.74, 6) is 0.530. The molecule has 3 aliphatic rings. The van der Waals surface area contributed by atoms with Crippen LogP contribution < -0.4 is 10.5 Å². The Morgan fingerprint density at radius 2 is 2.04 bits per heavy atom. The number of hydrogen-bond donors (Lipinski definition) is 1. The summed E-state index contributed by atoms with van der Waals surface area (Å²) in [4.78, 5) is 11.5. The van der Waals surface area contributed by atoms with Crippen LogP contribution in [0.15, 0.2) is 41.5 Å². The van der Waals surface area contributed by atoms with E-state index in [0.717, 1.165) is 18.4 Å². The van der Waals surface area contributed by atoms with Gasteiger partial charge in [-0.1, -0.05) is 29.9 Å². The third-order valence-corrected chi connectivity index (χ3v) is 5.89. The van der Waals surface area contributed by atoms with Gasteiger partial charge in [0, 0.05) is 5.57 Å². The second-order valence-electron chi connectivity index (χ2n) is 7.45. The van der Waals surface area contributed by atoms with Gasteiger partial charge in [0.05, 0.1) is 0 Å². The van der Waals surface area contributed by atoms with Gasteiger partial charge in [0.25, 0.3) is 0 Å². The summed E-state index contributed by atoms with van der Waals surface area (Å²) in [6, 6.07) is 4.88. The second-order valence-corrected chi connectivity index (χ2v) is 7.45. The van der Waals surface area contributed by atoms with Gasteiger partial charge in [0.15, 0.2) is 0 Å². The number of fused-ring (bicyclic) bond motifs is 3. The van der Waals surface area contributed by atoms with Crippen LogP contribution in [-0.4, -0.2) is 12.3 Å². The number of alkyl halides is 3. The zero-order valence-electron chi connectivity index (χ0n) is 14.2. The van der Waals surface area contributed by atoms with Crippen molar-refractivity contribution in [1.29, 1.82) is 0 Å². The molecule has 26 heavy (non-hydrogen) atoms. The predicted molar refractivity (Wildman–Crippen MR) is 90.2 cm³/mol. The van der Waals surface area contributed by atoms with Crippen LogP contribution in [-0.2, 0) is 17.6 Å². The van der Waals surface area contributed by atoms with Crippen LogP contribution >= 0.6 is 0 Å². The molecule has 0 spiro atoms. The molecule has 1 aromatic carbocycles. The lowest BCUT2D eigenvalue weighted by molar-refractivity contribution is -0.275. The van der Waals surface area contributed by atoms with Crippen LogP contribution in [0.4, 0.5) is 13.2 Å². The van der Waals surface area contributed by atoms with E-state index in [4.69, 9.17) is 5.73 Å². The van der Waals surface area contributed by atoms with Gasteiger partial charge in [-0.25, -0.2) is 0 Å². The number of hydrogen-bond acceptors (Lipinski definition) is 2.